The van der Waals surface area contributed by atoms with Gasteiger partial charge in [-0.15, -0.1) is 10.2 Å². The molecule has 0 atom stereocenters. The topological polar surface area (TPSA) is 48.2 Å². The van der Waals surface area contributed by atoms with Crippen LogP contribution in [0.5, 0.6) is 5.75 Å². The van der Waals surface area contributed by atoms with E-state index in [-0.39, 0.29) is 18.2 Å². The number of nitrogens with zero attached hydrogens (tertiary/aromatic N) is 2. The molecule has 0 aliphatic rings. The first kappa shape index (κ1) is 14.2. The van der Waals surface area contributed by atoms with Gasteiger partial charge in [-0.25, -0.2) is 8.78 Å². The van der Waals surface area contributed by atoms with Crippen LogP contribution in [-0.4, -0.2) is 10.2 Å². The number of aryl methyl sites for hydroxylation is 1. The van der Waals surface area contributed by atoms with Crippen molar-refractivity contribution in [2.75, 3.05) is 0 Å². The number of benzene rings is 2. The van der Waals surface area contributed by atoms with Crippen LogP contribution in [0.15, 0.2) is 46.9 Å². The first-order valence-corrected chi connectivity index (χ1v) is 6.60. The van der Waals surface area contributed by atoms with Crippen molar-refractivity contribution < 1.29 is 17.9 Å². The molecule has 0 saturated heterocycles. The standard InChI is InChI=1S/C16H12F2N2O2/c1-10-4-2-3-5-12(10)16-20-19-15(22-16)9-21-14-7-6-11(17)8-13(14)18/h2-8H,9H2,1H3. The molecular weight excluding hydrogens is 290 g/mol. The molecule has 1 aromatic heterocycles. The quantitative estimate of drug-likeness (QED) is 0.733. The number of aromatic nitrogens is 2. The van der Waals surface area contributed by atoms with Gasteiger partial charge in [0, 0.05) is 11.6 Å². The molecule has 0 fully saturated rings. The molecule has 6 heteroatoms. The maximum atomic E-state index is 13.4. The van der Waals surface area contributed by atoms with Gasteiger partial charge in [-0.3, -0.25) is 0 Å². The van der Waals surface area contributed by atoms with Crippen LogP contribution in [0.4, 0.5) is 8.78 Å². The zero-order valence-corrected chi connectivity index (χ0v) is 11.7. The highest BCUT2D eigenvalue weighted by atomic mass is 19.1. The van der Waals surface area contributed by atoms with Gasteiger partial charge in [0.05, 0.1) is 0 Å². The van der Waals surface area contributed by atoms with Crippen molar-refractivity contribution in [3.63, 3.8) is 0 Å². The molecule has 3 aromatic rings. The van der Waals surface area contributed by atoms with E-state index in [0.29, 0.717) is 5.89 Å². The lowest BCUT2D eigenvalue weighted by atomic mass is 10.1. The molecule has 0 aliphatic heterocycles. The minimum Gasteiger partial charge on any atom is -0.481 e. The second-order valence-electron chi connectivity index (χ2n) is 4.68. The lowest BCUT2D eigenvalue weighted by Gasteiger charge is -2.04. The zero-order chi connectivity index (χ0) is 15.5. The van der Waals surface area contributed by atoms with E-state index < -0.39 is 11.6 Å². The van der Waals surface area contributed by atoms with Gasteiger partial charge in [-0.05, 0) is 30.7 Å². The van der Waals surface area contributed by atoms with Crippen LogP contribution in [-0.2, 0) is 6.61 Å². The predicted octanol–water partition coefficient (Wildman–Crippen LogP) is 3.90. The van der Waals surface area contributed by atoms with Gasteiger partial charge in [0.15, 0.2) is 18.2 Å². The normalized spacial score (nSPS) is 10.7. The SMILES string of the molecule is Cc1ccccc1-c1nnc(COc2ccc(F)cc2F)o1. The molecule has 2 aromatic carbocycles. The third-order valence-corrected chi connectivity index (χ3v) is 3.09. The van der Waals surface area contributed by atoms with E-state index in [9.17, 15) is 8.78 Å². The fourth-order valence-corrected chi connectivity index (χ4v) is 1.97. The molecule has 0 bridgehead atoms. The Balaban J connectivity index is 1.74. The van der Waals surface area contributed by atoms with Crippen LogP contribution in [0.1, 0.15) is 11.5 Å². The predicted molar refractivity (Wildman–Crippen MR) is 75.2 cm³/mol. The molecule has 1 heterocycles. The summed E-state index contributed by atoms with van der Waals surface area (Å²) in [5.41, 5.74) is 1.83. The average molecular weight is 302 g/mol. The van der Waals surface area contributed by atoms with Crippen molar-refractivity contribution in [1.29, 1.82) is 0 Å². The third kappa shape index (κ3) is 2.95. The van der Waals surface area contributed by atoms with E-state index in [1.54, 1.807) is 0 Å². The summed E-state index contributed by atoms with van der Waals surface area (Å²) in [5, 5.41) is 7.80. The van der Waals surface area contributed by atoms with Crippen LogP contribution in [0.2, 0.25) is 0 Å². The molecule has 4 nitrogen and oxygen atoms in total. The number of hydrogen-bond donors (Lipinski definition) is 0. The molecule has 0 radical (unpaired) electrons. The second-order valence-corrected chi connectivity index (χ2v) is 4.68. The van der Waals surface area contributed by atoms with E-state index >= 15 is 0 Å². The molecule has 0 N–H and O–H groups in total. The maximum Gasteiger partial charge on any atom is 0.254 e. The van der Waals surface area contributed by atoms with Gasteiger partial charge in [0.1, 0.15) is 5.82 Å². The average Bonchev–Trinajstić information content (AvgIpc) is 2.95. The summed E-state index contributed by atoms with van der Waals surface area (Å²) < 4.78 is 37.0. The van der Waals surface area contributed by atoms with Gasteiger partial charge >= 0.3 is 0 Å². The van der Waals surface area contributed by atoms with Gasteiger partial charge in [-0.2, -0.15) is 0 Å². The monoisotopic (exact) mass is 302 g/mol. The Morgan fingerprint density at radius 2 is 1.91 bits per heavy atom. The maximum absolute atomic E-state index is 13.4. The number of halogens is 2. The largest absolute Gasteiger partial charge is 0.481 e. The fraction of sp³-hybridized carbons (Fsp3) is 0.125. The highest BCUT2D eigenvalue weighted by Gasteiger charge is 2.12. The molecule has 22 heavy (non-hydrogen) atoms. The molecule has 0 unspecified atom stereocenters. The molecule has 0 aliphatic carbocycles. The highest BCUT2D eigenvalue weighted by molar-refractivity contribution is 5.57. The molecule has 0 spiro atoms. The van der Waals surface area contributed by atoms with Crippen molar-refractivity contribution >= 4 is 0 Å². The van der Waals surface area contributed by atoms with Crippen molar-refractivity contribution in [2.24, 2.45) is 0 Å². The second kappa shape index (κ2) is 5.93. The van der Waals surface area contributed by atoms with Crippen LogP contribution in [0.25, 0.3) is 11.5 Å². The van der Waals surface area contributed by atoms with Crippen LogP contribution in [0.3, 0.4) is 0 Å². The molecule has 0 amide bonds. The summed E-state index contributed by atoms with van der Waals surface area (Å²) in [7, 11) is 0. The third-order valence-electron chi connectivity index (χ3n) is 3.09. The Bertz CT molecular complexity index is 802. The number of ether oxygens (including phenoxy) is 1. The van der Waals surface area contributed by atoms with Crippen molar-refractivity contribution in [3.05, 3.63) is 65.6 Å². The van der Waals surface area contributed by atoms with Crippen LogP contribution < -0.4 is 4.74 Å². The molecule has 112 valence electrons. The van der Waals surface area contributed by atoms with Crippen molar-refractivity contribution in [1.82, 2.24) is 10.2 Å². The van der Waals surface area contributed by atoms with E-state index in [0.717, 1.165) is 23.3 Å². The van der Waals surface area contributed by atoms with E-state index in [4.69, 9.17) is 9.15 Å². The van der Waals surface area contributed by atoms with Crippen molar-refractivity contribution in [2.45, 2.75) is 13.5 Å². The molecule has 3 rings (SSSR count). The summed E-state index contributed by atoms with van der Waals surface area (Å²) in [6.07, 6.45) is 0. The highest BCUT2D eigenvalue weighted by Crippen LogP contribution is 2.23. The Morgan fingerprint density at radius 1 is 1.09 bits per heavy atom. The summed E-state index contributed by atoms with van der Waals surface area (Å²) >= 11 is 0. The minimum absolute atomic E-state index is 0.0722. The Morgan fingerprint density at radius 3 is 2.68 bits per heavy atom. The Kier molecular flexibility index (Phi) is 3.82. The zero-order valence-electron chi connectivity index (χ0n) is 11.7. The Labute approximate surface area is 125 Å². The smallest absolute Gasteiger partial charge is 0.254 e. The number of hydrogen-bond acceptors (Lipinski definition) is 4. The van der Waals surface area contributed by atoms with Gasteiger partial charge < -0.3 is 9.15 Å². The summed E-state index contributed by atoms with van der Waals surface area (Å²) in [6, 6.07) is 10.7. The van der Waals surface area contributed by atoms with Gasteiger partial charge in [0.25, 0.3) is 5.89 Å². The van der Waals surface area contributed by atoms with Gasteiger partial charge in [-0.1, -0.05) is 18.2 Å². The summed E-state index contributed by atoms with van der Waals surface area (Å²) in [6.45, 7) is 1.84. The van der Waals surface area contributed by atoms with E-state index in [1.165, 1.54) is 6.07 Å². The first-order valence-electron chi connectivity index (χ1n) is 6.60. The minimum atomic E-state index is -0.779. The Hall–Kier alpha value is -2.76. The lowest BCUT2D eigenvalue weighted by molar-refractivity contribution is 0.252. The van der Waals surface area contributed by atoms with E-state index in [2.05, 4.69) is 10.2 Å². The van der Waals surface area contributed by atoms with E-state index in [1.807, 2.05) is 31.2 Å². The summed E-state index contributed by atoms with van der Waals surface area (Å²) in [4.78, 5) is 0. The van der Waals surface area contributed by atoms with Crippen molar-refractivity contribution in [3.8, 4) is 17.2 Å². The lowest BCUT2D eigenvalue weighted by Crippen LogP contribution is -1.98. The first-order chi connectivity index (χ1) is 10.6. The van der Waals surface area contributed by atoms with Gasteiger partial charge in [0.2, 0.25) is 5.89 Å². The fourth-order valence-electron chi connectivity index (χ4n) is 1.97. The molecule has 0 saturated carbocycles. The number of rotatable bonds is 4. The van der Waals surface area contributed by atoms with Crippen LogP contribution in [0, 0.1) is 18.6 Å². The van der Waals surface area contributed by atoms with Crippen LogP contribution >= 0.6 is 0 Å². The molecular formula is C16H12F2N2O2. The summed E-state index contributed by atoms with van der Waals surface area (Å²) in [5.74, 6) is -0.932.